The van der Waals surface area contributed by atoms with E-state index in [1.165, 1.54) is 72.8 Å². The van der Waals surface area contributed by atoms with Crippen LogP contribution in [0.5, 0.6) is 11.5 Å². The van der Waals surface area contributed by atoms with Crippen LogP contribution in [0.25, 0.3) is 22.1 Å². The van der Waals surface area contributed by atoms with Gasteiger partial charge in [0.2, 0.25) is 35.5 Å². The van der Waals surface area contributed by atoms with Gasteiger partial charge in [0.15, 0.2) is 0 Å². The molecule has 560 valence electrons. The maximum Gasteiger partial charge on any atom is 0.416 e. The van der Waals surface area contributed by atoms with E-state index >= 15 is 0 Å². The molecule has 2 unspecified atom stereocenters. The van der Waals surface area contributed by atoms with E-state index in [2.05, 4.69) is 31.2 Å². The summed E-state index contributed by atoms with van der Waals surface area (Å²) in [5.41, 5.74) is 0.164. The molecule has 0 spiro atoms. The third-order valence-corrected chi connectivity index (χ3v) is 19.3. The molecule has 6 N–H and O–H groups in total. The van der Waals surface area contributed by atoms with Crippen molar-refractivity contribution in [3.63, 3.8) is 0 Å². The number of benzene rings is 6. The molecular formula is C74H68F8N10O15. The summed E-state index contributed by atoms with van der Waals surface area (Å²) in [7, 11) is 0. The van der Waals surface area contributed by atoms with Crippen molar-refractivity contribution in [2.24, 2.45) is 11.8 Å². The van der Waals surface area contributed by atoms with Crippen LogP contribution in [0.3, 0.4) is 0 Å². The summed E-state index contributed by atoms with van der Waals surface area (Å²) in [6.45, 7) is 1.69. The molecule has 4 fully saturated rings. The first kappa shape index (κ1) is 75.4. The zero-order valence-corrected chi connectivity index (χ0v) is 56.6. The van der Waals surface area contributed by atoms with Crippen LogP contribution in [0.1, 0.15) is 162 Å². The normalized spacial score (nSPS) is 20.2. The van der Waals surface area contributed by atoms with Gasteiger partial charge in [-0.25, -0.2) is 18.7 Å². The first-order valence-corrected chi connectivity index (χ1v) is 34.2. The molecular weight excluding hydrogens is 1420 g/mol. The number of halogens is 8. The van der Waals surface area contributed by atoms with Crippen molar-refractivity contribution in [3.05, 3.63) is 177 Å². The molecule has 107 heavy (non-hydrogen) atoms. The number of imide groups is 4. The Bertz CT molecular complexity index is 4830. The number of carbonyl (C=O) groups excluding carboxylic acids is 10. The molecule has 6 heterocycles. The van der Waals surface area contributed by atoms with Gasteiger partial charge < -0.3 is 33.6 Å². The Kier molecular flexibility index (Phi) is 22.4. The SMILES string of the molecule is O=C(Nc1nc2cc(F)ccc2n1C1CCC(COCCO)CC1)c1cccc(C(F)(F)F)c1.O=C1CCC(N2C(=O)c3ccc(O)cc3C2=O)C(=O)N1.O=C1CCC(N2C(=O)c3ccc(OCCOCC4CCC(n5c(NC(=O)c6cccc(C(F)(F)F)c6)nc6cc(F)ccc65)CC4)cc3C2=O)C(=O)N1. The predicted molar refractivity (Wildman–Crippen MR) is 362 cm³/mol. The van der Waals surface area contributed by atoms with Gasteiger partial charge in [0.25, 0.3) is 35.4 Å². The van der Waals surface area contributed by atoms with Gasteiger partial charge in [0.05, 0.1) is 75.3 Å². The number of aliphatic hydroxyl groups is 1. The molecule has 8 aromatic rings. The van der Waals surface area contributed by atoms with Gasteiger partial charge in [0, 0.05) is 61.4 Å². The fourth-order valence-electron chi connectivity index (χ4n) is 14.0. The first-order chi connectivity index (χ1) is 51.1. The quantitative estimate of drug-likeness (QED) is 0.0264. The Labute approximate surface area is 602 Å². The van der Waals surface area contributed by atoms with Crippen molar-refractivity contribution in [1.82, 2.24) is 39.5 Å². The van der Waals surface area contributed by atoms with Gasteiger partial charge in [0.1, 0.15) is 41.8 Å². The lowest BCUT2D eigenvalue weighted by Crippen LogP contribution is -2.54. The summed E-state index contributed by atoms with van der Waals surface area (Å²) < 4.78 is 128. The number of anilines is 2. The summed E-state index contributed by atoms with van der Waals surface area (Å²) in [4.78, 5) is 134. The van der Waals surface area contributed by atoms with E-state index in [1.807, 2.05) is 9.13 Å². The number of phenolic OH excluding ortho intramolecular Hbond substituents is 1. The van der Waals surface area contributed by atoms with E-state index in [0.717, 1.165) is 78.7 Å². The van der Waals surface area contributed by atoms with Crippen LogP contribution in [0.15, 0.2) is 121 Å². The lowest BCUT2D eigenvalue weighted by atomic mass is 9.86. The number of ether oxygens (including phenoxy) is 3. The molecule has 2 atom stereocenters. The lowest BCUT2D eigenvalue weighted by molar-refractivity contribution is -0.138. The van der Waals surface area contributed by atoms with Crippen LogP contribution in [-0.4, -0.2) is 150 Å². The van der Waals surface area contributed by atoms with Gasteiger partial charge in [-0.3, -0.25) is 79.0 Å². The van der Waals surface area contributed by atoms with Crippen molar-refractivity contribution in [2.45, 2.75) is 114 Å². The molecule has 2 aliphatic carbocycles. The highest BCUT2D eigenvalue weighted by molar-refractivity contribution is 6.24. The highest BCUT2D eigenvalue weighted by Gasteiger charge is 2.47. The van der Waals surface area contributed by atoms with Gasteiger partial charge in [-0.15, -0.1) is 0 Å². The molecule has 0 radical (unpaired) electrons. The van der Waals surface area contributed by atoms with Crippen LogP contribution in [-0.2, 0) is 41.0 Å². The summed E-state index contributed by atoms with van der Waals surface area (Å²) in [6, 6.07) is 22.7. The van der Waals surface area contributed by atoms with Crippen molar-refractivity contribution in [1.29, 1.82) is 0 Å². The lowest BCUT2D eigenvalue weighted by Gasteiger charge is -2.30. The molecule has 6 aromatic carbocycles. The average molecular weight is 1490 g/mol. The van der Waals surface area contributed by atoms with Gasteiger partial charge in [-0.05, 0) is 173 Å². The number of nitrogens with one attached hydrogen (secondary N) is 4. The van der Waals surface area contributed by atoms with Gasteiger partial charge >= 0.3 is 12.4 Å². The van der Waals surface area contributed by atoms with Crippen LogP contribution in [0.4, 0.5) is 47.0 Å². The molecule has 0 bridgehead atoms. The molecule has 2 saturated carbocycles. The minimum absolute atomic E-state index is 0.0259. The minimum atomic E-state index is -4.62. The van der Waals surface area contributed by atoms with E-state index in [1.54, 1.807) is 18.2 Å². The summed E-state index contributed by atoms with van der Waals surface area (Å²) >= 11 is 0. The number of fused-ring (bicyclic) bond motifs is 4. The summed E-state index contributed by atoms with van der Waals surface area (Å²) in [5.74, 6) is -6.07. The Morgan fingerprint density at radius 3 is 1.36 bits per heavy atom. The van der Waals surface area contributed by atoms with Crippen molar-refractivity contribution in [2.75, 3.05) is 50.3 Å². The van der Waals surface area contributed by atoms with E-state index in [0.29, 0.717) is 66.4 Å². The second-order valence-electron chi connectivity index (χ2n) is 26.3. The zero-order chi connectivity index (χ0) is 76.2. The topological polar surface area (TPSA) is 329 Å². The number of rotatable bonds is 18. The third kappa shape index (κ3) is 16.9. The fraction of sp³-hybridized carbons (Fsp3) is 0.351. The molecule has 6 aliphatic rings. The second kappa shape index (κ2) is 31.8. The smallest absolute Gasteiger partial charge is 0.416 e. The first-order valence-electron chi connectivity index (χ1n) is 34.2. The number of aromatic hydroxyl groups is 1. The molecule has 2 saturated heterocycles. The van der Waals surface area contributed by atoms with Crippen LogP contribution >= 0.6 is 0 Å². The Balaban J connectivity index is 0.000000168. The summed E-state index contributed by atoms with van der Waals surface area (Å²) in [6.07, 6.45) is -2.78. The van der Waals surface area contributed by atoms with E-state index < -0.39 is 106 Å². The fourth-order valence-corrected chi connectivity index (χ4v) is 14.0. The minimum Gasteiger partial charge on any atom is -0.508 e. The van der Waals surface area contributed by atoms with E-state index in [9.17, 15) is 88.2 Å². The number of carbonyl (C=O) groups is 10. The van der Waals surface area contributed by atoms with Gasteiger partial charge in [-0.2, -0.15) is 26.3 Å². The maximum absolute atomic E-state index is 14.1. The molecule has 2 aromatic heterocycles. The van der Waals surface area contributed by atoms with Gasteiger partial charge in [-0.1, -0.05) is 12.1 Å². The molecule has 14 rings (SSSR count). The second-order valence-corrected chi connectivity index (χ2v) is 26.3. The van der Waals surface area contributed by atoms with E-state index in [4.69, 9.17) is 19.3 Å². The average Bonchev–Trinajstić information content (AvgIpc) is 1.63. The number of piperidine rings is 2. The summed E-state index contributed by atoms with van der Waals surface area (Å²) in [5, 5.41) is 27.8. The molecule has 10 amide bonds. The number of alkyl halides is 6. The zero-order valence-electron chi connectivity index (χ0n) is 56.6. The Morgan fingerprint density at radius 2 is 0.925 bits per heavy atom. The Morgan fingerprint density at radius 1 is 0.495 bits per heavy atom. The number of imidazole rings is 2. The number of aromatic nitrogens is 4. The Hall–Kier alpha value is -11.3. The number of hydrogen-bond acceptors (Lipinski definition) is 17. The number of phenols is 1. The number of nitrogens with zero attached hydrogens (tertiary/aromatic N) is 6. The van der Waals surface area contributed by atoms with Crippen LogP contribution in [0, 0.1) is 23.5 Å². The standard InChI is InChI=1S/C37H33F4N5O7.C24H25F4N3O3.C13H10N2O5/c38-23-6-11-29-28(17-23)42-36(44-32(48)21-2-1-3-22(16-21)37(39,40)41)45(29)24-7-4-20(5-8-24)19-52-14-15-53-25-9-10-26-27(18-25)35(51)46(34(26)50)30-12-13-31(47)43-33(30)49;25-18-6-9-21-20(13-18)29-23(30-22(33)16-2-1-3-17(12-16)24(26,27)28)31(21)19-7-4-15(5-8-19)14-34-11-10-32;16-6-1-2-7-8(5-6)13(20)15(12(7)19)9-3-4-10(17)14-11(9)18/h1-3,6,9-11,16-18,20,24,30H,4-5,7-8,12-15,19H2,(H,42,44,48)(H,43,47,49);1-3,6,9,12-13,15,19,32H,4-5,7-8,10-11,14H2,(H,29,30,33);1-2,5,9,16H,3-4H2,(H,14,17,18). The molecule has 4 aliphatic heterocycles. The van der Waals surface area contributed by atoms with Crippen LogP contribution < -0.4 is 26.0 Å². The van der Waals surface area contributed by atoms with Crippen LogP contribution in [0.2, 0.25) is 0 Å². The van der Waals surface area contributed by atoms with E-state index in [-0.39, 0.29) is 115 Å². The number of aliphatic hydroxyl groups excluding tert-OH is 1. The third-order valence-electron chi connectivity index (χ3n) is 19.3. The highest BCUT2D eigenvalue weighted by Crippen LogP contribution is 2.41. The molecule has 25 nitrogen and oxygen atoms in total. The monoisotopic (exact) mass is 1490 g/mol. The number of hydrogen-bond donors (Lipinski definition) is 6. The largest absolute Gasteiger partial charge is 0.508 e. The van der Waals surface area contributed by atoms with Crippen molar-refractivity contribution >= 4 is 93.0 Å². The maximum atomic E-state index is 14.1. The van der Waals surface area contributed by atoms with Crippen molar-refractivity contribution in [3.8, 4) is 11.5 Å². The number of amides is 10. The predicted octanol–water partition coefficient (Wildman–Crippen LogP) is 10.7. The highest BCUT2D eigenvalue weighted by atomic mass is 19.4. The molecule has 33 heteroatoms. The van der Waals surface area contributed by atoms with Crippen molar-refractivity contribution < 1.29 is 107 Å².